The van der Waals surface area contributed by atoms with Gasteiger partial charge in [-0.15, -0.1) is 5.54 Å². The van der Waals surface area contributed by atoms with Crippen molar-refractivity contribution in [2.75, 3.05) is 13.1 Å². The van der Waals surface area contributed by atoms with Crippen LogP contribution in [0.2, 0.25) is 19.6 Å². The summed E-state index contributed by atoms with van der Waals surface area (Å²) in [6.45, 7) is 13.2. The molecule has 0 radical (unpaired) electrons. The molecular formula is C18H28N2O3Si. The molecule has 0 spiro atoms. The number of amides is 1. The topological polar surface area (TPSA) is 63.8 Å². The molecule has 1 aromatic heterocycles. The molecular weight excluding hydrogens is 320 g/mol. The fourth-order valence-electron chi connectivity index (χ4n) is 1.57. The van der Waals surface area contributed by atoms with Crippen LogP contribution in [-0.2, 0) is 4.74 Å². The summed E-state index contributed by atoms with van der Waals surface area (Å²) in [4.78, 5) is 15.7. The van der Waals surface area contributed by atoms with E-state index in [0.29, 0.717) is 24.6 Å². The standard InChI is InChI=1S/C18H28N2O3Si/c1-18(2,3)23-17(21)20-12-7-11-19-14-16-9-8-15(22-16)10-13-24(4,5)6/h8-9,14H,7,11-12H2,1-6H3,(H,20,21)/b19-14+. The Morgan fingerprint density at radius 2 is 2.08 bits per heavy atom. The summed E-state index contributed by atoms with van der Waals surface area (Å²) in [6, 6.07) is 3.72. The maximum Gasteiger partial charge on any atom is 0.407 e. The number of rotatable bonds is 5. The van der Waals surface area contributed by atoms with E-state index in [1.54, 1.807) is 6.21 Å². The van der Waals surface area contributed by atoms with Crippen LogP contribution in [0.4, 0.5) is 4.79 Å². The molecule has 0 aliphatic carbocycles. The lowest BCUT2D eigenvalue weighted by atomic mass is 10.2. The summed E-state index contributed by atoms with van der Waals surface area (Å²) < 4.78 is 10.7. The van der Waals surface area contributed by atoms with E-state index in [4.69, 9.17) is 9.15 Å². The number of nitrogens with zero attached hydrogens (tertiary/aromatic N) is 1. The van der Waals surface area contributed by atoms with Crippen molar-refractivity contribution in [3.05, 3.63) is 23.7 Å². The third-order valence-electron chi connectivity index (χ3n) is 2.54. The number of furan rings is 1. The number of carbonyl (C=O) groups excluding carboxylic acids is 1. The molecule has 0 saturated carbocycles. The van der Waals surface area contributed by atoms with Crippen molar-refractivity contribution in [3.8, 4) is 11.5 Å². The first kappa shape index (κ1) is 20.0. The van der Waals surface area contributed by atoms with E-state index in [0.717, 1.165) is 6.42 Å². The van der Waals surface area contributed by atoms with Crippen molar-refractivity contribution in [1.29, 1.82) is 0 Å². The number of ether oxygens (including phenoxy) is 1. The van der Waals surface area contributed by atoms with E-state index in [1.165, 1.54) is 0 Å². The monoisotopic (exact) mass is 348 g/mol. The summed E-state index contributed by atoms with van der Waals surface area (Å²) in [7, 11) is -1.40. The molecule has 6 heteroatoms. The Hall–Kier alpha value is -2.00. The van der Waals surface area contributed by atoms with Gasteiger partial charge in [-0.05, 0) is 45.2 Å². The number of carbonyl (C=O) groups is 1. The molecule has 1 aromatic rings. The molecule has 132 valence electrons. The van der Waals surface area contributed by atoms with Crippen molar-refractivity contribution < 1.29 is 13.9 Å². The van der Waals surface area contributed by atoms with Gasteiger partial charge in [0.15, 0.2) is 5.76 Å². The van der Waals surface area contributed by atoms with Gasteiger partial charge in [-0.3, -0.25) is 4.99 Å². The first-order chi connectivity index (χ1) is 11.1. The van der Waals surface area contributed by atoms with Crippen LogP contribution in [-0.4, -0.2) is 39.1 Å². The Kier molecular flexibility index (Phi) is 7.30. The van der Waals surface area contributed by atoms with Crippen molar-refractivity contribution in [2.45, 2.75) is 52.4 Å². The average molecular weight is 349 g/mol. The van der Waals surface area contributed by atoms with Gasteiger partial charge in [-0.2, -0.15) is 0 Å². The molecule has 0 bridgehead atoms. The van der Waals surface area contributed by atoms with E-state index in [9.17, 15) is 4.79 Å². The van der Waals surface area contributed by atoms with Gasteiger partial charge < -0.3 is 14.5 Å². The number of hydrogen-bond donors (Lipinski definition) is 1. The van der Waals surface area contributed by atoms with Crippen molar-refractivity contribution in [3.63, 3.8) is 0 Å². The molecule has 1 N–H and O–H groups in total. The second-order valence-corrected chi connectivity index (χ2v) is 12.3. The minimum Gasteiger partial charge on any atom is -0.447 e. The molecule has 5 nitrogen and oxygen atoms in total. The Morgan fingerprint density at radius 1 is 1.38 bits per heavy atom. The van der Waals surface area contributed by atoms with Crippen LogP contribution in [0.3, 0.4) is 0 Å². The summed E-state index contributed by atoms with van der Waals surface area (Å²) >= 11 is 0. The molecule has 0 fully saturated rings. The molecule has 1 heterocycles. The van der Waals surface area contributed by atoms with Gasteiger partial charge >= 0.3 is 6.09 Å². The second kappa shape index (κ2) is 8.74. The van der Waals surface area contributed by atoms with Gasteiger partial charge in [0.1, 0.15) is 19.4 Å². The van der Waals surface area contributed by atoms with Gasteiger partial charge in [0.05, 0.1) is 6.21 Å². The maximum absolute atomic E-state index is 11.5. The van der Waals surface area contributed by atoms with Gasteiger partial charge in [-0.25, -0.2) is 4.79 Å². The van der Waals surface area contributed by atoms with E-state index >= 15 is 0 Å². The summed E-state index contributed by atoms with van der Waals surface area (Å²) in [5.74, 6) is 4.43. The zero-order valence-corrected chi connectivity index (χ0v) is 16.5. The highest BCUT2D eigenvalue weighted by Gasteiger charge is 2.15. The highest BCUT2D eigenvalue weighted by Crippen LogP contribution is 2.07. The number of aliphatic imine (C=N–C) groups is 1. The van der Waals surface area contributed by atoms with Crippen molar-refractivity contribution in [2.24, 2.45) is 4.99 Å². The van der Waals surface area contributed by atoms with Crippen LogP contribution in [0.5, 0.6) is 0 Å². The molecule has 0 saturated heterocycles. The van der Waals surface area contributed by atoms with Gasteiger partial charge in [0.25, 0.3) is 0 Å². The first-order valence-corrected chi connectivity index (χ1v) is 11.6. The highest BCUT2D eigenvalue weighted by atomic mass is 28.3. The molecule has 0 atom stereocenters. The third kappa shape index (κ3) is 9.90. The molecule has 0 aliphatic heterocycles. The zero-order chi connectivity index (χ0) is 18.2. The molecule has 0 aliphatic rings. The Balaban J connectivity index is 2.30. The highest BCUT2D eigenvalue weighted by molar-refractivity contribution is 6.83. The SMILES string of the molecule is CC(C)(C)OC(=O)NCCC/N=C/c1ccc(C#C[Si](C)(C)C)o1. The van der Waals surface area contributed by atoms with Crippen molar-refractivity contribution >= 4 is 20.4 Å². The first-order valence-electron chi connectivity index (χ1n) is 8.15. The van der Waals surface area contributed by atoms with Gasteiger partial charge in [0, 0.05) is 13.1 Å². The van der Waals surface area contributed by atoms with E-state index in [1.807, 2.05) is 32.9 Å². The van der Waals surface area contributed by atoms with Crippen LogP contribution in [0.1, 0.15) is 38.7 Å². The summed E-state index contributed by atoms with van der Waals surface area (Å²) in [6.07, 6.45) is 2.02. The fraction of sp³-hybridized carbons (Fsp3) is 0.556. The van der Waals surface area contributed by atoms with E-state index in [-0.39, 0.29) is 0 Å². The lowest BCUT2D eigenvalue weighted by molar-refractivity contribution is 0.0527. The predicted molar refractivity (Wildman–Crippen MR) is 100 cm³/mol. The zero-order valence-electron chi connectivity index (χ0n) is 15.5. The normalized spacial score (nSPS) is 11.9. The predicted octanol–water partition coefficient (Wildman–Crippen LogP) is 3.84. The van der Waals surface area contributed by atoms with E-state index < -0.39 is 19.8 Å². The van der Waals surface area contributed by atoms with Crippen LogP contribution >= 0.6 is 0 Å². The fourth-order valence-corrected chi connectivity index (χ4v) is 2.07. The number of hydrogen-bond acceptors (Lipinski definition) is 4. The minimum atomic E-state index is -1.40. The quantitative estimate of drug-likeness (QED) is 0.380. The Morgan fingerprint density at radius 3 is 2.71 bits per heavy atom. The molecule has 1 rings (SSSR count). The number of nitrogens with one attached hydrogen (secondary N) is 1. The van der Waals surface area contributed by atoms with Gasteiger partial charge in [-0.1, -0.05) is 19.6 Å². The van der Waals surface area contributed by atoms with Crippen LogP contribution in [0, 0.1) is 11.5 Å². The van der Waals surface area contributed by atoms with Crippen molar-refractivity contribution in [1.82, 2.24) is 5.32 Å². The van der Waals surface area contributed by atoms with Gasteiger partial charge in [0.2, 0.25) is 0 Å². The second-order valence-electron chi connectivity index (χ2n) is 7.52. The smallest absolute Gasteiger partial charge is 0.407 e. The summed E-state index contributed by atoms with van der Waals surface area (Å²) in [5.41, 5.74) is 2.79. The van der Waals surface area contributed by atoms with Crippen LogP contribution < -0.4 is 5.32 Å². The molecule has 0 aromatic carbocycles. The lowest BCUT2D eigenvalue weighted by Gasteiger charge is -2.19. The molecule has 1 amide bonds. The molecule has 24 heavy (non-hydrogen) atoms. The Bertz CT molecular complexity index is 625. The Labute approximate surface area is 145 Å². The van der Waals surface area contributed by atoms with E-state index in [2.05, 4.69) is 41.4 Å². The molecule has 0 unspecified atom stereocenters. The largest absolute Gasteiger partial charge is 0.447 e. The minimum absolute atomic E-state index is 0.400. The van der Waals surface area contributed by atoms with Crippen LogP contribution in [0.15, 0.2) is 21.5 Å². The number of alkyl carbamates (subject to hydrolysis) is 1. The van der Waals surface area contributed by atoms with Crippen LogP contribution in [0.25, 0.3) is 0 Å². The summed E-state index contributed by atoms with van der Waals surface area (Å²) in [5, 5.41) is 2.70. The average Bonchev–Trinajstić information content (AvgIpc) is 2.85. The lowest BCUT2D eigenvalue weighted by Crippen LogP contribution is -2.33. The maximum atomic E-state index is 11.5. The third-order valence-corrected chi connectivity index (χ3v) is 3.41.